The van der Waals surface area contributed by atoms with E-state index in [0.29, 0.717) is 31.3 Å². The molecule has 0 N–H and O–H groups in total. The van der Waals surface area contributed by atoms with Crippen molar-refractivity contribution in [2.45, 2.75) is 218 Å². The van der Waals surface area contributed by atoms with Gasteiger partial charge in [-0.15, -0.1) is 0 Å². The zero-order chi connectivity index (χ0) is 54.9. The van der Waals surface area contributed by atoms with Gasteiger partial charge in [0.1, 0.15) is 30.7 Å². The Morgan fingerprint density at radius 1 is 0.622 bits per heavy atom. The van der Waals surface area contributed by atoms with E-state index in [1.54, 1.807) is 6.08 Å². The monoisotopic (exact) mass is 1050 g/mol. The molecule has 6 rings (SSSR count). The minimum atomic E-state index is -2.15. The van der Waals surface area contributed by atoms with Crippen molar-refractivity contribution in [2.75, 3.05) is 0 Å². The molecule has 2 unspecified atom stereocenters. The summed E-state index contributed by atoms with van der Waals surface area (Å²) >= 11 is 0. The van der Waals surface area contributed by atoms with Crippen LogP contribution in [0.15, 0.2) is 121 Å². The maximum Gasteiger partial charge on any atom is 0.308 e. The number of cyclic esters (lactones) is 2. The van der Waals surface area contributed by atoms with Crippen LogP contribution in [0, 0.1) is 11.8 Å². The first kappa shape index (κ1) is 60.8. The van der Waals surface area contributed by atoms with Gasteiger partial charge in [0.25, 0.3) is 0 Å². The molecule has 74 heavy (non-hydrogen) atoms. The number of benzene rings is 2. The van der Waals surface area contributed by atoms with Crippen LogP contribution in [-0.2, 0) is 51.7 Å². The zero-order valence-electron chi connectivity index (χ0n) is 47.6. The number of hydrogen-bond acceptors (Lipinski definition) is 11. The Morgan fingerprint density at radius 3 is 1.32 bits per heavy atom. The number of allylic oxidation sites excluding steroid dienone is 3. The van der Waals surface area contributed by atoms with E-state index in [9.17, 15) is 14.4 Å². The number of esters is 2. The second-order valence-electron chi connectivity index (χ2n) is 24.4. The highest BCUT2D eigenvalue weighted by atomic mass is 28.4. The summed E-state index contributed by atoms with van der Waals surface area (Å²) < 4.78 is 51.6. The highest BCUT2D eigenvalue weighted by molar-refractivity contribution is 6.74. The van der Waals surface area contributed by atoms with Crippen LogP contribution in [0.5, 0.6) is 0 Å². The molecule has 2 aromatic carbocycles. The maximum atomic E-state index is 13.2. The molecule has 0 aliphatic carbocycles. The molecule has 2 fully saturated rings. The van der Waals surface area contributed by atoms with E-state index in [1.807, 2.05) is 99.7 Å². The SMILES string of the molecule is C/C(=C\C=O)[C@H]1OC(=O)C[C@H](O[Si](C)(C)C(C)(C)C)CC[C@@]2(C)OC(c3ccccc3)O[C@H]2/C=C/[C@@H]1C.C=C/C=C(\C)[C@H]1OC(=O)C[C@H](O[Si](C)(C)C(C)(C)C)CC[C@@]2(C)OC(c3ccccc3)O[C@H]2/C=C/[C@@H]1C. The molecule has 0 bridgehead atoms. The fraction of sp³-hybridized carbons (Fsp3) is 0.590. The number of carbonyl (C=O) groups excluding carboxylic acids is 3. The van der Waals surface area contributed by atoms with Crippen LogP contribution in [0.1, 0.15) is 145 Å². The minimum absolute atomic E-state index is 0.00147. The molecule has 11 nitrogen and oxygen atoms in total. The van der Waals surface area contributed by atoms with E-state index in [2.05, 4.69) is 107 Å². The maximum absolute atomic E-state index is 13.2. The summed E-state index contributed by atoms with van der Waals surface area (Å²) in [5.41, 5.74) is 2.46. The quantitative estimate of drug-likeness (QED) is 0.0564. The molecule has 0 amide bonds. The average molecular weight is 1060 g/mol. The summed E-state index contributed by atoms with van der Waals surface area (Å²) in [5, 5.41) is 0.0307. The van der Waals surface area contributed by atoms with Gasteiger partial charge < -0.3 is 37.3 Å². The molecular weight excluding hydrogens is 965 g/mol. The first-order valence-corrected chi connectivity index (χ1v) is 32.6. The smallest absolute Gasteiger partial charge is 0.308 e. The first-order valence-electron chi connectivity index (χ1n) is 26.8. The molecule has 0 aromatic heterocycles. The van der Waals surface area contributed by atoms with Crippen molar-refractivity contribution < 1.29 is 51.7 Å². The van der Waals surface area contributed by atoms with Crippen molar-refractivity contribution in [3.8, 4) is 0 Å². The van der Waals surface area contributed by atoms with Crippen molar-refractivity contribution in [3.05, 3.63) is 132 Å². The molecule has 408 valence electrons. The number of carbonyl (C=O) groups is 3. The van der Waals surface area contributed by atoms with Gasteiger partial charge in [-0.1, -0.05) is 159 Å². The number of fused-ring (bicyclic) bond motifs is 2. The van der Waals surface area contributed by atoms with Gasteiger partial charge in [0, 0.05) is 23.0 Å². The normalized spacial score (nSPS) is 33.0. The summed E-state index contributed by atoms with van der Waals surface area (Å²) in [7, 11) is -4.27. The van der Waals surface area contributed by atoms with Crippen molar-refractivity contribution in [3.63, 3.8) is 0 Å². The molecule has 4 heterocycles. The second-order valence-corrected chi connectivity index (χ2v) is 34.0. The Hall–Kier alpha value is -4.06. The van der Waals surface area contributed by atoms with Gasteiger partial charge in [0.15, 0.2) is 29.2 Å². The second kappa shape index (κ2) is 25.4. The molecule has 0 radical (unpaired) electrons. The zero-order valence-corrected chi connectivity index (χ0v) is 49.6. The lowest BCUT2D eigenvalue weighted by molar-refractivity contribution is -0.152. The molecular formula is C61H90O11Si2. The number of rotatable bonds is 10. The summed E-state index contributed by atoms with van der Waals surface area (Å²) in [6.07, 6.45) is 14.1. The lowest BCUT2D eigenvalue weighted by Gasteiger charge is -2.40. The first-order chi connectivity index (χ1) is 34.5. The van der Waals surface area contributed by atoms with Gasteiger partial charge in [0.05, 0.1) is 36.3 Å². The van der Waals surface area contributed by atoms with Crippen LogP contribution in [0.3, 0.4) is 0 Å². The largest absolute Gasteiger partial charge is 0.457 e. The van der Waals surface area contributed by atoms with Gasteiger partial charge in [-0.3, -0.25) is 14.4 Å². The standard InChI is InChI=1S/C31H46O5Si.C30H44O6Si/c1-10-14-22(2)28-23(3)17-18-26-31(7,35-29(33-26)24-15-12-11-13-16-24)20-19-25(21-27(32)34-28)36-37(8,9)30(4,5)6;1-21-14-15-25-30(6,35-28(33-25)23-12-10-9-11-13-23)18-16-24(36-37(7,8)29(3,4)5)20-26(32)34-27(21)22(2)17-19-31/h10-18,23,25-26,28-29H,1,19-21H2,2-9H3;9-15,17,19,21,24-25,27-28H,16,18,20H2,1-8H3/b18-17+,22-14+;15-14+,22-17+/t23-,25+,26-,28+,29?,31+;21-,24+,25-,27-,28?,30+/m00/s1. The van der Waals surface area contributed by atoms with Crippen LogP contribution >= 0.6 is 0 Å². The fourth-order valence-electron chi connectivity index (χ4n) is 9.35. The van der Waals surface area contributed by atoms with E-state index in [-0.39, 0.29) is 71.1 Å². The summed E-state index contributed by atoms with van der Waals surface area (Å²) in [6, 6.07) is 20.0. The number of aldehydes is 1. The van der Waals surface area contributed by atoms with Gasteiger partial charge >= 0.3 is 11.9 Å². The van der Waals surface area contributed by atoms with Gasteiger partial charge in [0.2, 0.25) is 0 Å². The molecule has 12 atom stereocenters. The van der Waals surface area contributed by atoms with E-state index in [1.165, 1.54) is 6.08 Å². The predicted molar refractivity (Wildman–Crippen MR) is 299 cm³/mol. The molecule has 4 aliphatic heterocycles. The lowest BCUT2D eigenvalue weighted by atomic mass is 9.89. The minimum Gasteiger partial charge on any atom is -0.457 e. The van der Waals surface area contributed by atoms with Crippen molar-refractivity contribution in [1.82, 2.24) is 0 Å². The van der Waals surface area contributed by atoms with Gasteiger partial charge in [-0.25, -0.2) is 0 Å². The highest BCUT2D eigenvalue weighted by Gasteiger charge is 2.49. The van der Waals surface area contributed by atoms with Crippen LogP contribution in [0.2, 0.25) is 36.3 Å². The van der Waals surface area contributed by atoms with Crippen LogP contribution < -0.4 is 0 Å². The highest BCUT2D eigenvalue weighted by Crippen LogP contribution is 2.46. The Kier molecular flexibility index (Phi) is 20.9. The Morgan fingerprint density at radius 2 is 0.986 bits per heavy atom. The number of hydrogen-bond donors (Lipinski definition) is 0. The molecule has 2 saturated heterocycles. The van der Waals surface area contributed by atoms with Crippen LogP contribution in [-0.4, -0.2) is 82.7 Å². The Labute approximate surface area is 446 Å². The van der Waals surface area contributed by atoms with Crippen molar-refractivity contribution in [1.29, 1.82) is 0 Å². The Bertz CT molecular complexity index is 2150. The van der Waals surface area contributed by atoms with Crippen molar-refractivity contribution in [2.24, 2.45) is 11.8 Å². The van der Waals surface area contributed by atoms with E-state index in [4.69, 9.17) is 37.3 Å². The summed E-state index contributed by atoms with van der Waals surface area (Å²) in [6.45, 7) is 37.9. The predicted octanol–water partition coefficient (Wildman–Crippen LogP) is 14.4. The van der Waals surface area contributed by atoms with Gasteiger partial charge in [-0.2, -0.15) is 0 Å². The number of ether oxygens (including phenoxy) is 6. The van der Waals surface area contributed by atoms with Crippen LogP contribution in [0.25, 0.3) is 0 Å². The third kappa shape index (κ3) is 16.0. The average Bonchev–Trinajstić information content (AvgIpc) is 3.84. The fourth-order valence-corrected chi connectivity index (χ4v) is 12.1. The summed E-state index contributed by atoms with van der Waals surface area (Å²) in [4.78, 5) is 37.6. The molecule has 0 saturated carbocycles. The summed E-state index contributed by atoms with van der Waals surface area (Å²) in [5.74, 6) is -0.773. The molecule has 2 aromatic rings. The van der Waals surface area contributed by atoms with Crippen molar-refractivity contribution >= 4 is 34.9 Å². The topological polar surface area (TPSA) is 125 Å². The third-order valence-corrected chi connectivity index (χ3v) is 25.2. The third-order valence-electron chi connectivity index (χ3n) is 16.1. The van der Waals surface area contributed by atoms with E-state index >= 15 is 0 Å². The van der Waals surface area contributed by atoms with Crippen LogP contribution in [0.4, 0.5) is 0 Å². The van der Waals surface area contributed by atoms with E-state index in [0.717, 1.165) is 23.0 Å². The lowest BCUT2D eigenvalue weighted by Crippen LogP contribution is -2.45. The van der Waals surface area contributed by atoms with Gasteiger partial charge in [-0.05, 0) is 107 Å². The molecule has 0 spiro atoms. The Balaban J connectivity index is 0.000000274. The molecule has 4 aliphatic rings. The molecule has 13 heteroatoms. The van der Waals surface area contributed by atoms with E-state index < -0.39 is 52.6 Å².